The lowest BCUT2D eigenvalue weighted by Crippen LogP contribution is -2.38. The summed E-state index contributed by atoms with van der Waals surface area (Å²) >= 11 is 0. The number of nitrogens with one attached hydrogen (secondary N) is 1. The predicted octanol–water partition coefficient (Wildman–Crippen LogP) is 3.66. The second-order valence-corrected chi connectivity index (χ2v) is 9.29. The molecule has 0 spiro atoms. The molecule has 1 aliphatic heterocycles. The molecule has 0 aromatic heterocycles. The van der Waals surface area contributed by atoms with Crippen molar-refractivity contribution in [1.82, 2.24) is 10.2 Å². The molecule has 1 fully saturated rings. The third kappa shape index (κ3) is 4.49. The Bertz CT molecular complexity index is 751. The van der Waals surface area contributed by atoms with Gasteiger partial charge in [-0.3, -0.25) is 4.79 Å². The maximum atomic E-state index is 12.9. The van der Waals surface area contributed by atoms with Crippen LogP contribution in [0.1, 0.15) is 40.2 Å². The van der Waals surface area contributed by atoms with Crippen molar-refractivity contribution in [3.63, 3.8) is 0 Å². The van der Waals surface area contributed by atoms with Crippen LogP contribution in [0.15, 0.2) is 53.4 Å². The van der Waals surface area contributed by atoms with Crippen molar-refractivity contribution in [2.45, 2.75) is 30.2 Å². The standard InChI is InChI=1S/C22H29N2OS/c1-23-16-17-6-4-7-19(14-17)18-10-12-24(13-11-18)22(25)20-8-5-9-21(15-20)26(2)3/h4-9,14-15,18,23H,10-13,16H2,1-3H3/q+1. The summed E-state index contributed by atoms with van der Waals surface area (Å²) in [6.45, 7) is 2.58. The van der Waals surface area contributed by atoms with E-state index in [1.54, 1.807) is 0 Å². The van der Waals surface area contributed by atoms with Crippen LogP contribution >= 0.6 is 0 Å². The first-order valence-corrected chi connectivity index (χ1v) is 11.3. The molecule has 0 atom stereocenters. The van der Waals surface area contributed by atoms with Crippen LogP contribution in [0.2, 0.25) is 0 Å². The Morgan fingerprint density at radius 3 is 2.54 bits per heavy atom. The number of piperidine rings is 1. The third-order valence-corrected chi connectivity index (χ3v) is 6.33. The van der Waals surface area contributed by atoms with Crippen LogP contribution in [0.4, 0.5) is 0 Å². The van der Waals surface area contributed by atoms with Gasteiger partial charge in [0, 0.05) is 42.2 Å². The Morgan fingerprint density at radius 2 is 1.85 bits per heavy atom. The minimum absolute atomic E-state index is 0.179. The van der Waals surface area contributed by atoms with Gasteiger partial charge in [0.25, 0.3) is 5.91 Å². The number of carbonyl (C=O) groups is 1. The van der Waals surface area contributed by atoms with Gasteiger partial charge in [-0.25, -0.2) is 0 Å². The van der Waals surface area contributed by atoms with E-state index in [1.165, 1.54) is 16.0 Å². The molecule has 3 nitrogen and oxygen atoms in total. The van der Waals surface area contributed by atoms with Gasteiger partial charge in [-0.1, -0.05) is 30.3 Å². The molecule has 1 amide bonds. The topological polar surface area (TPSA) is 32.3 Å². The second-order valence-electron chi connectivity index (χ2n) is 7.19. The molecule has 138 valence electrons. The fraction of sp³-hybridized carbons (Fsp3) is 0.409. The molecule has 2 aromatic carbocycles. The van der Waals surface area contributed by atoms with E-state index in [9.17, 15) is 4.79 Å². The molecule has 0 unspecified atom stereocenters. The van der Waals surface area contributed by atoms with Gasteiger partial charge in [-0.05, 0) is 49.1 Å². The van der Waals surface area contributed by atoms with E-state index in [4.69, 9.17) is 0 Å². The normalized spacial score (nSPS) is 15.5. The van der Waals surface area contributed by atoms with Crippen LogP contribution in [0.5, 0.6) is 0 Å². The number of benzene rings is 2. The second kappa shape index (κ2) is 8.74. The summed E-state index contributed by atoms with van der Waals surface area (Å²) in [4.78, 5) is 16.2. The Balaban J connectivity index is 1.64. The Hall–Kier alpha value is -1.78. The molecule has 0 saturated carbocycles. The number of amides is 1. The number of nitrogens with zero attached hydrogens (tertiary/aromatic N) is 1. The number of likely N-dealkylation sites (tertiary alicyclic amines) is 1. The highest BCUT2D eigenvalue weighted by molar-refractivity contribution is 7.95. The molecule has 3 rings (SSSR count). The highest BCUT2D eigenvalue weighted by atomic mass is 32.2. The molecular formula is C22H29N2OS+. The molecule has 26 heavy (non-hydrogen) atoms. The summed E-state index contributed by atoms with van der Waals surface area (Å²) in [5, 5.41) is 3.21. The van der Waals surface area contributed by atoms with Crippen LogP contribution in [-0.4, -0.2) is 43.5 Å². The molecule has 4 heteroatoms. The van der Waals surface area contributed by atoms with Gasteiger partial charge in [0.15, 0.2) is 4.90 Å². The van der Waals surface area contributed by atoms with E-state index in [0.29, 0.717) is 5.92 Å². The zero-order valence-corrected chi connectivity index (χ0v) is 16.8. The first-order chi connectivity index (χ1) is 12.6. The molecular weight excluding hydrogens is 340 g/mol. The van der Waals surface area contributed by atoms with E-state index in [2.05, 4.69) is 54.2 Å². The third-order valence-electron chi connectivity index (χ3n) is 5.14. The van der Waals surface area contributed by atoms with Gasteiger partial charge in [0.1, 0.15) is 12.5 Å². The van der Waals surface area contributed by atoms with Crippen molar-refractivity contribution in [2.75, 3.05) is 32.6 Å². The lowest BCUT2D eigenvalue weighted by molar-refractivity contribution is 0.0712. The zero-order chi connectivity index (χ0) is 18.5. The van der Waals surface area contributed by atoms with Crippen LogP contribution in [0, 0.1) is 0 Å². The summed E-state index contributed by atoms with van der Waals surface area (Å²) in [6, 6.07) is 17.0. The molecule has 0 aliphatic carbocycles. The molecule has 1 heterocycles. The summed E-state index contributed by atoms with van der Waals surface area (Å²) in [5.74, 6) is 0.735. The summed E-state index contributed by atoms with van der Waals surface area (Å²) in [6.07, 6.45) is 6.47. The minimum Gasteiger partial charge on any atom is -0.339 e. The number of hydrogen-bond acceptors (Lipinski definition) is 2. The maximum Gasteiger partial charge on any atom is 0.254 e. The zero-order valence-electron chi connectivity index (χ0n) is 16.0. The highest BCUT2D eigenvalue weighted by Gasteiger charge is 2.25. The van der Waals surface area contributed by atoms with E-state index in [-0.39, 0.29) is 16.8 Å². The smallest absolute Gasteiger partial charge is 0.254 e. The first-order valence-electron chi connectivity index (χ1n) is 9.29. The first kappa shape index (κ1) is 19.0. The predicted molar refractivity (Wildman–Crippen MR) is 111 cm³/mol. The highest BCUT2D eigenvalue weighted by Crippen LogP contribution is 2.29. The van der Waals surface area contributed by atoms with E-state index in [0.717, 1.165) is 38.0 Å². The average molecular weight is 370 g/mol. The minimum atomic E-state index is 0.179. The molecule has 2 aromatic rings. The van der Waals surface area contributed by atoms with Crippen LogP contribution in [0.3, 0.4) is 0 Å². The monoisotopic (exact) mass is 369 g/mol. The van der Waals surface area contributed by atoms with Crippen molar-refractivity contribution in [1.29, 1.82) is 0 Å². The Labute approximate surface area is 160 Å². The number of hydrogen-bond donors (Lipinski definition) is 1. The number of carbonyl (C=O) groups excluding carboxylic acids is 1. The van der Waals surface area contributed by atoms with Crippen molar-refractivity contribution in [3.8, 4) is 0 Å². The molecule has 1 aliphatic rings. The molecule has 1 N–H and O–H groups in total. The van der Waals surface area contributed by atoms with Crippen LogP contribution in [-0.2, 0) is 17.4 Å². The number of rotatable bonds is 5. The summed E-state index contributed by atoms with van der Waals surface area (Å²) < 4.78 is 0. The van der Waals surface area contributed by atoms with Crippen molar-refractivity contribution < 1.29 is 4.79 Å². The largest absolute Gasteiger partial charge is 0.339 e. The summed E-state index contributed by atoms with van der Waals surface area (Å²) in [7, 11) is 2.16. The SMILES string of the molecule is CNCc1cccc(C2CCN(C(=O)c3cccc([S+](C)C)c3)CC2)c1. The van der Waals surface area contributed by atoms with Gasteiger partial charge in [0.2, 0.25) is 0 Å². The van der Waals surface area contributed by atoms with Gasteiger partial charge in [0.05, 0.1) is 0 Å². The van der Waals surface area contributed by atoms with Crippen molar-refractivity contribution >= 4 is 16.8 Å². The Kier molecular flexibility index (Phi) is 6.38. The lowest BCUT2D eigenvalue weighted by atomic mass is 9.88. The van der Waals surface area contributed by atoms with Gasteiger partial charge in [-0.2, -0.15) is 0 Å². The fourth-order valence-electron chi connectivity index (χ4n) is 3.64. The molecule has 0 radical (unpaired) electrons. The Morgan fingerprint density at radius 1 is 1.12 bits per heavy atom. The average Bonchev–Trinajstić information content (AvgIpc) is 2.68. The summed E-state index contributed by atoms with van der Waals surface area (Å²) in [5.41, 5.74) is 3.57. The quantitative estimate of drug-likeness (QED) is 0.816. The van der Waals surface area contributed by atoms with Crippen molar-refractivity contribution in [3.05, 3.63) is 65.2 Å². The molecule has 0 bridgehead atoms. The maximum absolute atomic E-state index is 12.9. The van der Waals surface area contributed by atoms with Gasteiger partial charge >= 0.3 is 0 Å². The lowest BCUT2D eigenvalue weighted by Gasteiger charge is -2.32. The van der Waals surface area contributed by atoms with Crippen molar-refractivity contribution in [2.24, 2.45) is 0 Å². The van der Waals surface area contributed by atoms with E-state index >= 15 is 0 Å². The van der Waals surface area contributed by atoms with Crippen LogP contribution in [0.25, 0.3) is 0 Å². The fourth-order valence-corrected chi connectivity index (χ4v) is 4.36. The van der Waals surface area contributed by atoms with Gasteiger partial charge < -0.3 is 10.2 Å². The van der Waals surface area contributed by atoms with E-state index in [1.807, 2.05) is 24.1 Å². The van der Waals surface area contributed by atoms with E-state index < -0.39 is 0 Å². The molecule has 1 saturated heterocycles. The van der Waals surface area contributed by atoms with Gasteiger partial charge in [-0.15, -0.1) is 0 Å². The van der Waals surface area contributed by atoms with Crippen LogP contribution < -0.4 is 5.32 Å².